The topological polar surface area (TPSA) is 67.9 Å². The first-order chi connectivity index (χ1) is 14.0. The molecular weight excluding hydrogens is 368 g/mol. The molecule has 2 aromatic carbocycles. The summed E-state index contributed by atoms with van der Waals surface area (Å²) >= 11 is 0. The van der Waals surface area contributed by atoms with E-state index in [1.54, 1.807) is 31.2 Å². The molecule has 2 aromatic rings. The number of rotatable bonds is 6. The number of amides is 2. The van der Waals surface area contributed by atoms with Crippen molar-refractivity contribution in [2.75, 3.05) is 20.7 Å². The van der Waals surface area contributed by atoms with Gasteiger partial charge in [-0.15, -0.1) is 0 Å². The fourth-order valence-electron chi connectivity index (χ4n) is 3.69. The summed E-state index contributed by atoms with van der Waals surface area (Å²) in [5, 5.41) is 2.86. The Kier molecular flexibility index (Phi) is 6.75. The van der Waals surface area contributed by atoms with E-state index in [2.05, 4.69) is 5.32 Å². The van der Waals surface area contributed by atoms with Gasteiger partial charge in [-0.05, 0) is 61.6 Å². The molecule has 0 bridgehead atoms. The fourth-order valence-corrected chi connectivity index (χ4v) is 3.69. The van der Waals surface area contributed by atoms with Crippen LogP contribution in [0.2, 0.25) is 0 Å². The summed E-state index contributed by atoms with van der Waals surface area (Å²) in [4.78, 5) is 26.1. The summed E-state index contributed by atoms with van der Waals surface area (Å²) in [6.07, 6.45) is 1.88. The smallest absolute Gasteiger partial charge is 0.415 e. The third-order valence-electron chi connectivity index (χ3n) is 5.45. The standard InChI is InChI=1S/C23H28N2O4/c1-4-24-22(26)18-5-10-19(15-18)25(2)23(27)29-21-13-8-17(9-14-21)16-6-11-20(28-3)12-7-16/h6-9,11-14,18-19H,4-5,10,15H2,1-3H3,(H,24,26)/t18-,19+/m0/s1. The number of benzene rings is 2. The molecule has 1 aliphatic rings. The molecule has 1 saturated carbocycles. The number of hydrogen-bond acceptors (Lipinski definition) is 4. The summed E-state index contributed by atoms with van der Waals surface area (Å²) in [6, 6.07) is 15.2. The molecule has 1 N–H and O–H groups in total. The maximum Gasteiger partial charge on any atom is 0.415 e. The van der Waals surface area contributed by atoms with E-state index in [1.807, 2.05) is 43.3 Å². The van der Waals surface area contributed by atoms with Crippen molar-refractivity contribution in [3.05, 3.63) is 48.5 Å². The van der Waals surface area contributed by atoms with Crippen molar-refractivity contribution in [3.8, 4) is 22.6 Å². The minimum Gasteiger partial charge on any atom is -0.497 e. The predicted molar refractivity (Wildman–Crippen MR) is 112 cm³/mol. The van der Waals surface area contributed by atoms with Gasteiger partial charge in [-0.25, -0.2) is 4.79 Å². The summed E-state index contributed by atoms with van der Waals surface area (Å²) in [6.45, 7) is 2.54. The first kappa shape index (κ1) is 20.7. The minimum absolute atomic E-state index is 0.0219. The van der Waals surface area contributed by atoms with Crippen molar-refractivity contribution in [2.24, 2.45) is 5.92 Å². The van der Waals surface area contributed by atoms with Gasteiger partial charge in [-0.2, -0.15) is 0 Å². The molecule has 1 aliphatic carbocycles. The maximum absolute atomic E-state index is 12.5. The number of hydrogen-bond donors (Lipinski definition) is 1. The van der Waals surface area contributed by atoms with Crippen molar-refractivity contribution in [1.82, 2.24) is 10.2 Å². The lowest BCUT2D eigenvalue weighted by Gasteiger charge is -2.23. The average molecular weight is 396 g/mol. The van der Waals surface area contributed by atoms with Crippen molar-refractivity contribution >= 4 is 12.0 Å². The molecule has 0 aliphatic heterocycles. The lowest BCUT2D eigenvalue weighted by Crippen LogP contribution is -2.38. The van der Waals surface area contributed by atoms with E-state index < -0.39 is 6.09 Å². The molecule has 3 rings (SSSR count). The zero-order valence-electron chi connectivity index (χ0n) is 17.2. The Morgan fingerprint density at radius 2 is 1.59 bits per heavy atom. The van der Waals surface area contributed by atoms with Gasteiger partial charge in [0.25, 0.3) is 0 Å². The second-order valence-corrected chi connectivity index (χ2v) is 7.29. The van der Waals surface area contributed by atoms with Crippen molar-refractivity contribution in [3.63, 3.8) is 0 Å². The lowest BCUT2D eigenvalue weighted by molar-refractivity contribution is -0.124. The zero-order chi connectivity index (χ0) is 20.8. The molecule has 29 heavy (non-hydrogen) atoms. The Labute approximate surface area is 171 Å². The van der Waals surface area contributed by atoms with E-state index in [1.165, 1.54) is 0 Å². The molecule has 6 heteroatoms. The zero-order valence-corrected chi connectivity index (χ0v) is 17.2. The van der Waals surface area contributed by atoms with E-state index in [0.717, 1.165) is 29.7 Å². The summed E-state index contributed by atoms with van der Waals surface area (Å²) in [5.41, 5.74) is 2.09. The second kappa shape index (κ2) is 9.45. The highest BCUT2D eigenvalue weighted by Crippen LogP contribution is 2.30. The Hall–Kier alpha value is -3.02. The van der Waals surface area contributed by atoms with Gasteiger partial charge in [-0.3, -0.25) is 4.79 Å². The van der Waals surface area contributed by atoms with Crippen LogP contribution in [0.15, 0.2) is 48.5 Å². The molecule has 0 heterocycles. The van der Waals surface area contributed by atoms with E-state index >= 15 is 0 Å². The summed E-state index contributed by atoms with van der Waals surface area (Å²) < 4.78 is 10.7. The molecule has 1 fully saturated rings. The highest BCUT2D eigenvalue weighted by molar-refractivity contribution is 5.79. The third-order valence-corrected chi connectivity index (χ3v) is 5.45. The van der Waals surface area contributed by atoms with E-state index in [4.69, 9.17) is 9.47 Å². The number of nitrogens with zero attached hydrogens (tertiary/aromatic N) is 1. The molecule has 154 valence electrons. The molecule has 0 saturated heterocycles. The van der Waals surface area contributed by atoms with Crippen molar-refractivity contribution < 1.29 is 19.1 Å². The number of nitrogens with one attached hydrogen (secondary N) is 1. The van der Waals surface area contributed by atoms with Crippen LogP contribution in [0.4, 0.5) is 4.79 Å². The normalized spacial score (nSPS) is 18.2. The van der Waals surface area contributed by atoms with Crippen molar-refractivity contribution in [2.45, 2.75) is 32.2 Å². The van der Waals surface area contributed by atoms with Gasteiger partial charge < -0.3 is 19.7 Å². The second-order valence-electron chi connectivity index (χ2n) is 7.29. The molecule has 0 radical (unpaired) electrons. The lowest BCUT2D eigenvalue weighted by atomic mass is 10.1. The number of carbonyl (C=O) groups is 2. The van der Waals surface area contributed by atoms with Gasteiger partial charge in [0.1, 0.15) is 11.5 Å². The predicted octanol–water partition coefficient (Wildman–Crippen LogP) is 4.10. The molecule has 2 atom stereocenters. The Morgan fingerprint density at radius 3 is 2.14 bits per heavy atom. The van der Waals surface area contributed by atoms with Crippen LogP contribution in [0.5, 0.6) is 11.5 Å². The van der Waals surface area contributed by atoms with Gasteiger partial charge in [-0.1, -0.05) is 24.3 Å². The molecular formula is C23H28N2O4. The van der Waals surface area contributed by atoms with Crippen LogP contribution in [-0.4, -0.2) is 43.6 Å². The summed E-state index contributed by atoms with van der Waals surface area (Å²) in [7, 11) is 3.37. The Bertz CT molecular complexity index is 833. The fraction of sp³-hybridized carbons (Fsp3) is 0.391. The van der Waals surface area contributed by atoms with Crippen LogP contribution in [0.1, 0.15) is 26.2 Å². The van der Waals surface area contributed by atoms with E-state index in [9.17, 15) is 9.59 Å². The van der Waals surface area contributed by atoms with Gasteiger partial charge in [0.2, 0.25) is 5.91 Å². The Morgan fingerprint density at radius 1 is 1.00 bits per heavy atom. The van der Waals surface area contributed by atoms with Crippen LogP contribution in [0.25, 0.3) is 11.1 Å². The maximum atomic E-state index is 12.5. The molecule has 0 aromatic heterocycles. The number of carbonyl (C=O) groups excluding carboxylic acids is 2. The number of ether oxygens (including phenoxy) is 2. The van der Waals surface area contributed by atoms with Gasteiger partial charge in [0, 0.05) is 25.6 Å². The monoisotopic (exact) mass is 396 g/mol. The van der Waals surface area contributed by atoms with Gasteiger partial charge in [0.05, 0.1) is 7.11 Å². The first-order valence-electron chi connectivity index (χ1n) is 9.98. The van der Waals surface area contributed by atoms with E-state index in [-0.39, 0.29) is 17.9 Å². The quantitative estimate of drug-likeness (QED) is 0.798. The van der Waals surface area contributed by atoms with Crippen LogP contribution in [0, 0.1) is 5.92 Å². The summed E-state index contributed by atoms with van der Waals surface area (Å²) in [5.74, 6) is 1.35. The molecule has 2 amide bonds. The first-order valence-corrected chi connectivity index (χ1v) is 9.98. The van der Waals surface area contributed by atoms with Crippen molar-refractivity contribution in [1.29, 1.82) is 0 Å². The van der Waals surface area contributed by atoms with Crippen LogP contribution in [-0.2, 0) is 4.79 Å². The molecule has 0 spiro atoms. The largest absolute Gasteiger partial charge is 0.497 e. The van der Waals surface area contributed by atoms with Crippen LogP contribution in [0.3, 0.4) is 0 Å². The Balaban J connectivity index is 1.56. The van der Waals surface area contributed by atoms with E-state index in [0.29, 0.717) is 18.7 Å². The molecule has 6 nitrogen and oxygen atoms in total. The van der Waals surface area contributed by atoms with Crippen LogP contribution >= 0.6 is 0 Å². The number of methoxy groups -OCH3 is 1. The van der Waals surface area contributed by atoms with Crippen LogP contribution < -0.4 is 14.8 Å². The minimum atomic E-state index is -0.399. The van der Waals surface area contributed by atoms with Gasteiger partial charge in [0.15, 0.2) is 0 Å². The average Bonchev–Trinajstić information content (AvgIpc) is 3.24. The SMILES string of the molecule is CCNC(=O)[C@H]1CC[C@@H](N(C)C(=O)Oc2ccc(-c3ccc(OC)cc3)cc2)C1. The highest BCUT2D eigenvalue weighted by atomic mass is 16.6. The third kappa shape index (κ3) is 5.08. The van der Waals surface area contributed by atoms with Gasteiger partial charge >= 0.3 is 6.09 Å². The molecule has 0 unspecified atom stereocenters. The highest BCUT2D eigenvalue weighted by Gasteiger charge is 2.34.